The number of nitrogens with zero attached hydrogens (tertiary/aromatic N) is 1. The molecule has 1 aromatic carbocycles. The summed E-state index contributed by atoms with van der Waals surface area (Å²) in [5.74, 6) is -1.97. The molecule has 0 aromatic heterocycles. The molecule has 1 saturated heterocycles. The summed E-state index contributed by atoms with van der Waals surface area (Å²) < 4.78 is 38.9. The molecular weight excluding hydrogens is 296 g/mol. The maximum atomic E-state index is 14.3. The van der Waals surface area contributed by atoms with Gasteiger partial charge in [0, 0.05) is 11.1 Å². The number of benzene rings is 1. The molecular formula is C14H15F2N3O3. The lowest BCUT2D eigenvalue weighted by molar-refractivity contribution is 0.0614. The van der Waals surface area contributed by atoms with Gasteiger partial charge in [-0.05, 0) is 18.2 Å². The fourth-order valence-corrected chi connectivity index (χ4v) is 3.03. The highest BCUT2D eigenvalue weighted by Crippen LogP contribution is 2.44. The van der Waals surface area contributed by atoms with E-state index in [2.05, 4.69) is 4.99 Å². The van der Waals surface area contributed by atoms with Gasteiger partial charge < -0.3 is 20.9 Å². The van der Waals surface area contributed by atoms with Gasteiger partial charge in [0.25, 0.3) is 6.02 Å². The van der Waals surface area contributed by atoms with Gasteiger partial charge in [0.05, 0.1) is 19.1 Å². The molecule has 0 aliphatic carbocycles. The molecule has 4 N–H and O–H groups in total. The Hall–Kier alpha value is -2.22. The van der Waals surface area contributed by atoms with E-state index in [9.17, 15) is 13.6 Å². The molecule has 8 heteroatoms. The second-order valence-electron chi connectivity index (χ2n) is 5.37. The number of rotatable bonds is 3. The van der Waals surface area contributed by atoms with Crippen LogP contribution in [0.1, 0.15) is 15.9 Å². The highest BCUT2D eigenvalue weighted by atomic mass is 19.1. The normalized spacial score (nSPS) is 30.4. The molecule has 0 spiro atoms. The fraction of sp³-hybridized carbons (Fsp3) is 0.429. The quantitative estimate of drug-likeness (QED) is 0.846. The Labute approximate surface area is 125 Å². The maximum Gasteiger partial charge on any atom is 0.283 e. The maximum absolute atomic E-state index is 14.3. The summed E-state index contributed by atoms with van der Waals surface area (Å²) in [7, 11) is 0. The number of ether oxygens (including phenoxy) is 2. The number of amides is 1. The first-order valence-corrected chi connectivity index (χ1v) is 6.73. The Morgan fingerprint density at radius 1 is 1.45 bits per heavy atom. The standard InChI is InChI=1S/C14H15F2N3O3/c15-6-14(8-3-7(12(17)20)1-2-10(8)16)9-4-21-5-11(9)22-13(18)19-14/h1-3,9,11H,4-6H2,(H2,17,20)(H2,18,19)/t9-,11+,14+/m0/s1. The average Bonchev–Trinajstić information content (AvgIpc) is 2.95. The van der Waals surface area contributed by atoms with Crippen molar-refractivity contribution >= 4 is 11.9 Å². The van der Waals surface area contributed by atoms with Crippen LogP contribution in [0.4, 0.5) is 8.78 Å². The number of carbonyl (C=O) groups excluding carboxylic acids is 1. The van der Waals surface area contributed by atoms with E-state index in [1.54, 1.807) is 0 Å². The number of halogens is 2. The predicted molar refractivity (Wildman–Crippen MR) is 73.4 cm³/mol. The molecule has 2 heterocycles. The van der Waals surface area contributed by atoms with E-state index in [0.717, 1.165) is 6.07 Å². The number of aliphatic imine (C=N–C) groups is 1. The van der Waals surface area contributed by atoms with Gasteiger partial charge in [-0.3, -0.25) is 4.79 Å². The molecule has 22 heavy (non-hydrogen) atoms. The smallest absolute Gasteiger partial charge is 0.283 e. The summed E-state index contributed by atoms with van der Waals surface area (Å²) in [5.41, 5.74) is 9.25. The lowest BCUT2D eigenvalue weighted by atomic mass is 9.76. The van der Waals surface area contributed by atoms with E-state index in [1.807, 2.05) is 0 Å². The van der Waals surface area contributed by atoms with Crippen LogP contribution in [-0.2, 0) is 15.0 Å². The van der Waals surface area contributed by atoms with Gasteiger partial charge in [-0.15, -0.1) is 0 Å². The molecule has 0 radical (unpaired) electrons. The minimum Gasteiger partial charge on any atom is -0.459 e. The summed E-state index contributed by atoms with van der Waals surface area (Å²) in [6, 6.07) is 3.30. The second kappa shape index (κ2) is 5.20. The minimum atomic E-state index is -1.58. The third kappa shape index (κ3) is 2.10. The minimum absolute atomic E-state index is 0.0694. The first-order valence-electron chi connectivity index (χ1n) is 6.73. The molecule has 6 nitrogen and oxygen atoms in total. The summed E-state index contributed by atoms with van der Waals surface area (Å²) in [6.07, 6.45) is -0.509. The van der Waals surface area contributed by atoms with Crippen LogP contribution in [0.5, 0.6) is 0 Å². The molecule has 118 valence electrons. The van der Waals surface area contributed by atoms with Gasteiger partial charge in [-0.25, -0.2) is 13.8 Å². The van der Waals surface area contributed by atoms with Crippen LogP contribution in [0.15, 0.2) is 23.2 Å². The Bertz CT molecular complexity index is 652. The van der Waals surface area contributed by atoms with Gasteiger partial charge >= 0.3 is 0 Å². The molecule has 2 aliphatic rings. The fourth-order valence-electron chi connectivity index (χ4n) is 3.03. The molecule has 3 rings (SSSR count). The highest BCUT2D eigenvalue weighted by Gasteiger charge is 2.53. The molecule has 0 saturated carbocycles. The summed E-state index contributed by atoms with van der Waals surface area (Å²) >= 11 is 0. The monoisotopic (exact) mass is 311 g/mol. The van der Waals surface area contributed by atoms with Crippen LogP contribution in [0.3, 0.4) is 0 Å². The van der Waals surface area contributed by atoms with Crippen molar-refractivity contribution in [2.24, 2.45) is 22.4 Å². The molecule has 1 aromatic rings. The molecule has 3 atom stereocenters. The molecule has 2 aliphatic heterocycles. The number of hydrogen-bond donors (Lipinski definition) is 2. The second-order valence-corrected chi connectivity index (χ2v) is 5.37. The number of fused-ring (bicyclic) bond motifs is 1. The summed E-state index contributed by atoms with van der Waals surface area (Å²) in [5, 5.41) is 0. The van der Waals surface area contributed by atoms with E-state index >= 15 is 0 Å². The Morgan fingerprint density at radius 2 is 2.23 bits per heavy atom. The predicted octanol–water partition coefficient (Wildman–Crippen LogP) is 0.449. The van der Waals surface area contributed by atoms with Crippen LogP contribution in [0, 0.1) is 11.7 Å². The molecule has 1 fully saturated rings. The number of alkyl halides is 1. The van der Waals surface area contributed by atoms with Crippen molar-refractivity contribution in [1.82, 2.24) is 0 Å². The van der Waals surface area contributed by atoms with Gasteiger partial charge in [-0.2, -0.15) is 0 Å². The highest BCUT2D eigenvalue weighted by molar-refractivity contribution is 5.93. The van der Waals surface area contributed by atoms with Crippen molar-refractivity contribution in [2.45, 2.75) is 11.6 Å². The topological polar surface area (TPSA) is 99.9 Å². The first-order chi connectivity index (χ1) is 10.5. The van der Waals surface area contributed by atoms with Crippen LogP contribution >= 0.6 is 0 Å². The van der Waals surface area contributed by atoms with E-state index in [0.29, 0.717) is 0 Å². The zero-order valence-electron chi connectivity index (χ0n) is 11.6. The molecule has 1 amide bonds. The van der Waals surface area contributed by atoms with Crippen LogP contribution in [0.25, 0.3) is 0 Å². The summed E-state index contributed by atoms with van der Waals surface area (Å²) in [4.78, 5) is 15.4. The molecule has 0 bridgehead atoms. The van der Waals surface area contributed by atoms with Gasteiger partial charge in [0.2, 0.25) is 5.91 Å². The van der Waals surface area contributed by atoms with Crippen LogP contribution in [-0.4, -0.2) is 37.9 Å². The van der Waals surface area contributed by atoms with Crippen molar-refractivity contribution in [3.8, 4) is 0 Å². The number of carbonyl (C=O) groups is 1. The van der Waals surface area contributed by atoms with E-state index in [-0.39, 0.29) is 30.4 Å². The largest absolute Gasteiger partial charge is 0.459 e. The van der Waals surface area contributed by atoms with E-state index in [1.165, 1.54) is 12.1 Å². The zero-order valence-corrected chi connectivity index (χ0v) is 11.6. The van der Waals surface area contributed by atoms with Gasteiger partial charge in [0.1, 0.15) is 24.1 Å². The lowest BCUT2D eigenvalue weighted by Gasteiger charge is -2.39. The van der Waals surface area contributed by atoms with Crippen molar-refractivity contribution in [3.05, 3.63) is 35.1 Å². The third-order valence-corrected chi connectivity index (χ3v) is 4.14. The summed E-state index contributed by atoms with van der Waals surface area (Å²) in [6.45, 7) is -0.619. The molecule has 0 unspecified atom stereocenters. The van der Waals surface area contributed by atoms with Gasteiger partial charge in [-0.1, -0.05) is 0 Å². The van der Waals surface area contributed by atoms with Crippen LogP contribution in [0.2, 0.25) is 0 Å². The van der Waals surface area contributed by atoms with Crippen LogP contribution < -0.4 is 11.5 Å². The van der Waals surface area contributed by atoms with Crippen molar-refractivity contribution in [3.63, 3.8) is 0 Å². The van der Waals surface area contributed by atoms with E-state index < -0.39 is 36.0 Å². The average molecular weight is 311 g/mol. The Balaban J connectivity index is 2.19. The van der Waals surface area contributed by atoms with Gasteiger partial charge in [0.15, 0.2) is 0 Å². The number of hydrogen-bond acceptors (Lipinski definition) is 5. The van der Waals surface area contributed by atoms with Crippen molar-refractivity contribution in [1.29, 1.82) is 0 Å². The Morgan fingerprint density at radius 3 is 2.91 bits per heavy atom. The third-order valence-electron chi connectivity index (χ3n) is 4.14. The van der Waals surface area contributed by atoms with Crippen molar-refractivity contribution < 1.29 is 23.0 Å². The zero-order chi connectivity index (χ0) is 15.9. The lowest BCUT2D eigenvalue weighted by Crippen LogP contribution is -2.50. The number of nitrogens with two attached hydrogens (primary N) is 2. The SMILES string of the molecule is NC(=O)c1ccc(F)c([C@@]2(CF)N=C(N)O[C@@H]3COC[C@@H]32)c1. The first kappa shape index (κ1) is 14.7. The van der Waals surface area contributed by atoms with Crippen molar-refractivity contribution in [2.75, 3.05) is 19.9 Å². The van der Waals surface area contributed by atoms with E-state index in [4.69, 9.17) is 20.9 Å². The number of amidine groups is 1. The Kier molecular flexibility index (Phi) is 3.48. The number of primary amides is 1.